The van der Waals surface area contributed by atoms with Gasteiger partial charge in [-0.2, -0.15) is 0 Å². The van der Waals surface area contributed by atoms with E-state index < -0.39 is 0 Å². The standard InChI is InChI=1S/C13H18ClN/c1-13(2,3)15-9-5-7-11-6-4-8-12(14)10-11/h4-8,10,15H,9H2,1-3H3. The van der Waals surface area contributed by atoms with Crippen molar-refractivity contribution in [3.05, 3.63) is 40.9 Å². The van der Waals surface area contributed by atoms with Crippen LogP contribution in [0.1, 0.15) is 26.3 Å². The molecule has 0 fully saturated rings. The van der Waals surface area contributed by atoms with Gasteiger partial charge in [0.1, 0.15) is 0 Å². The molecule has 0 heterocycles. The molecule has 0 aromatic heterocycles. The largest absolute Gasteiger partial charge is 0.309 e. The molecule has 0 aliphatic carbocycles. The number of hydrogen-bond donors (Lipinski definition) is 1. The molecular formula is C13H18ClN. The second-order valence-corrected chi connectivity index (χ2v) is 5.02. The zero-order chi connectivity index (χ0) is 11.3. The minimum atomic E-state index is 0.165. The normalized spacial score (nSPS) is 12.3. The zero-order valence-electron chi connectivity index (χ0n) is 9.55. The summed E-state index contributed by atoms with van der Waals surface area (Å²) in [6.45, 7) is 7.33. The van der Waals surface area contributed by atoms with Gasteiger partial charge in [-0.15, -0.1) is 0 Å². The lowest BCUT2D eigenvalue weighted by Crippen LogP contribution is -2.35. The van der Waals surface area contributed by atoms with E-state index in [4.69, 9.17) is 11.6 Å². The van der Waals surface area contributed by atoms with E-state index in [0.29, 0.717) is 0 Å². The van der Waals surface area contributed by atoms with Crippen LogP contribution in [0.25, 0.3) is 6.08 Å². The molecule has 1 aromatic rings. The Hall–Kier alpha value is -0.790. The molecular weight excluding hydrogens is 206 g/mol. The molecule has 1 nitrogen and oxygen atoms in total. The molecule has 0 saturated heterocycles. The molecule has 0 atom stereocenters. The van der Waals surface area contributed by atoms with E-state index in [9.17, 15) is 0 Å². The molecule has 0 unspecified atom stereocenters. The molecule has 2 heteroatoms. The van der Waals surface area contributed by atoms with E-state index in [0.717, 1.165) is 17.1 Å². The predicted octanol–water partition coefficient (Wildman–Crippen LogP) is 3.74. The Morgan fingerprint density at radius 3 is 2.67 bits per heavy atom. The maximum absolute atomic E-state index is 5.88. The Labute approximate surface area is 97.1 Å². The highest BCUT2D eigenvalue weighted by atomic mass is 35.5. The Balaban J connectivity index is 2.45. The van der Waals surface area contributed by atoms with E-state index in [1.54, 1.807) is 0 Å². The minimum Gasteiger partial charge on any atom is -0.309 e. The lowest BCUT2D eigenvalue weighted by Gasteiger charge is -2.18. The molecule has 1 N–H and O–H groups in total. The molecule has 15 heavy (non-hydrogen) atoms. The fraction of sp³-hybridized carbons (Fsp3) is 0.385. The summed E-state index contributed by atoms with van der Waals surface area (Å²) in [6, 6.07) is 7.83. The van der Waals surface area contributed by atoms with Gasteiger partial charge in [0.2, 0.25) is 0 Å². The van der Waals surface area contributed by atoms with Crippen LogP contribution in [-0.2, 0) is 0 Å². The zero-order valence-corrected chi connectivity index (χ0v) is 10.3. The Morgan fingerprint density at radius 1 is 1.33 bits per heavy atom. The topological polar surface area (TPSA) is 12.0 Å². The molecule has 0 saturated carbocycles. The quantitative estimate of drug-likeness (QED) is 0.823. The van der Waals surface area contributed by atoms with Crippen molar-refractivity contribution in [1.82, 2.24) is 5.32 Å². The van der Waals surface area contributed by atoms with Crippen LogP contribution in [0.5, 0.6) is 0 Å². The fourth-order valence-electron chi connectivity index (χ4n) is 1.17. The van der Waals surface area contributed by atoms with Gasteiger partial charge in [-0.05, 0) is 38.5 Å². The molecule has 0 radical (unpaired) electrons. The lowest BCUT2D eigenvalue weighted by molar-refractivity contribution is 0.450. The van der Waals surface area contributed by atoms with Crippen molar-refractivity contribution in [2.24, 2.45) is 0 Å². The van der Waals surface area contributed by atoms with Crippen molar-refractivity contribution in [3.8, 4) is 0 Å². The molecule has 82 valence electrons. The van der Waals surface area contributed by atoms with Crippen molar-refractivity contribution in [2.45, 2.75) is 26.3 Å². The van der Waals surface area contributed by atoms with Gasteiger partial charge in [-0.3, -0.25) is 0 Å². The summed E-state index contributed by atoms with van der Waals surface area (Å²) in [7, 11) is 0. The van der Waals surface area contributed by atoms with Gasteiger partial charge in [-0.1, -0.05) is 35.9 Å². The first-order valence-corrected chi connectivity index (χ1v) is 5.52. The summed E-state index contributed by atoms with van der Waals surface area (Å²) < 4.78 is 0. The van der Waals surface area contributed by atoms with Crippen LogP contribution in [-0.4, -0.2) is 12.1 Å². The Bertz CT molecular complexity index is 337. The molecule has 0 amide bonds. The summed E-state index contributed by atoms with van der Waals surface area (Å²) in [6.07, 6.45) is 4.18. The first-order valence-electron chi connectivity index (χ1n) is 5.14. The Kier molecular flexibility index (Phi) is 4.37. The third kappa shape index (κ3) is 5.60. The lowest BCUT2D eigenvalue weighted by atomic mass is 10.1. The third-order valence-electron chi connectivity index (χ3n) is 1.91. The van der Waals surface area contributed by atoms with Gasteiger partial charge >= 0.3 is 0 Å². The Morgan fingerprint density at radius 2 is 2.07 bits per heavy atom. The molecule has 1 rings (SSSR count). The van der Waals surface area contributed by atoms with Gasteiger partial charge in [0.25, 0.3) is 0 Å². The first-order chi connectivity index (χ1) is 6.97. The minimum absolute atomic E-state index is 0.165. The predicted molar refractivity (Wildman–Crippen MR) is 68.2 cm³/mol. The second-order valence-electron chi connectivity index (χ2n) is 4.59. The third-order valence-corrected chi connectivity index (χ3v) is 2.14. The van der Waals surface area contributed by atoms with Gasteiger partial charge < -0.3 is 5.32 Å². The van der Waals surface area contributed by atoms with Gasteiger partial charge in [0, 0.05) is 17.1 Å². The molecule has 0 spiro atoms. The highest BCUT2D eigenvalue weighted by molar-refractivity contribution is 6.30. The van der Waals surface area contributed by atoms with Crippen LogP contribution < -0.4 is 5.32 Å². The number of halogens is 1. The van der Waals surface area contributed by atoms with Crippen molar-refractivity contribution < 1.29 is 0 Å². The van der Waals surface area contributed by atoms with Gasteiger partial charge in [-0.25, -0.2) is 0 Å². The summed E-state index contributed by atoms with van der Waals surface area (Å²) in [5, 5.41) is 4.17. The maximum Gasteiger partial charge on any atom is 0.0411 e. The second kappa shape index (κ2) is 5.34. The van der Waals surface area contributed by atoms with E-state index in [1.807, 2.05) is 24.3 Å². The molecule has 0 aliphatic heterocycles. The smallest absolute Gasteiger partial charge is 0.0411 e. The fourth-order valence-corrected chi connectivity index (χ4v) is 1.37. The van der Waals surface area contributed by atoms with E-state index in [-0.39, 0.29) is 5.54 Å². The monoisotopic (exact) mass is 223 g/mol. The summed E-state index contributed by atoms with van der Waals surface area (Å²) in [4.78, 5) is 0. The molecule has 0 bridgehead atoms. The number of rotatable bonds is 3. The average Bonchev–Trinajstić information content (AvgIpc) is 2.11. The highest BCUT2D eigenvalue weighted by Crippen LogP contribution is 2.11. The van der Waals surface area contributed by atoms with Crippen LogP contribution in [0, 0.1) is 0 Å². The van der Waals surface area contributed by atoms with E-state index >= 15 is 0 Å². The van der Waals surface area contributed by atoms with Crippen LogP contribution in [0.4, 0.5) is 0 Å². The summed E-state index contributed by atoms with van der Waals surface area (Å²) in [5.41, 5.74) is 1.30. The molecule has 0 aliphatic rings. The van der Waals surface area contributed by atoms with Crippen LogP contribution >= 0.6 is 11.6 Å². The van der Waals surface area contributed by atoms with Crippen LogP contribution in [0.2, 0.25) is 5.02 Å². The highest BCUT2D eigenvalue weighted by Gasteiger charge is 2.05. The van der Waals surface area contributed by atoms with Gasteiger partial charge in [0.15, 0.2) is 0 Å². The molecule has 1 aromatic carbocycles. The van der Waals surface area contributed by atoms with E-state index in [1.165, 1.54) is 0 Å². The van der Waals surface area contributed by atoms with Crippen molar-refractivity contribution in [3.63, 3.8) is 0 Å². The SMILES string of the molecule is CC(C)(C)NCC=Cc1cccc(Cl)c1. The van der Waals surface area contributed by atoms with Crippen molar-refractivity contribution >= 4 is 17.7 Å². The summed E-state index contributed by atoms with van der Waals surface area (Å²) in [5.74, 6) is 0. The summed E-state index contributed by atoms with van der Waals surface area (Å²) >= 11 is 5.88. The van der Waals surface area contributed by atoms with Crippen LogP contribution in [0.3, 0.4) is 0 Å². The van der Waals surface area contributed by atoms with Crippen LogP contribution in [0.15, 0.2) is 30.3 Å². The number of nitrogens with one attached hydrogen (secondary N) is 1. The van der Waals surface area contributed by atoms with Gasteiger partial charge in [0.05, 0.1) is 0 Å². The average molecular weight is 224 g/mol. The van der Waals surface area contributed by atoms with Crippen molar-refractivity contribution in [2.75, 3.05) is 6.54 Å². The maximum atomic E-state index is 5.88. The van der Waals surface area contributed by atoms with E-state index in [2.05, 4.69) is 38.2 Å². The first kappa shape index (κ1) is 12.3. The number of benzene rings is 1. The van der Waals surface area contributed by atoms with Crippen molar-refractivity contribution in [1.29, 1.82) is 0 Å². The number of hydrogen-bond acceptors (Lipinski definition) is 1.